The molecule has 0 radical (unpaired) electrons. The van der Waals surface area contributed by atoms with E-state index >= 15 is 0 Å². The molecule has 0 aliphatic carbocycles. The second kappa shape index (κ2) is 4.49. The van der Waals surface area contributed by atoms with Crippen LogP contribution < -0.4 is 11.1 Å². The lowest BCUT2D eigenvalue weighted by molar-refractivity contribution is 0.322. The lowest BCUT2D eigenvalue weighted by Crippen LogP contribution is -2.31. The Labute approximate surface area is 106 Å². The fourth-order valence-electron chi connectivity index (χ4n) is 2.56. The van der Waals surface area contributed by atoms with Crippen molar-refractivity contribution in [3.63, 3.8) is 0 Å². The lowest BCUT2D eigenvalue weighted by atomic mass is 10.2. The van der Waals surface area contributed by atoms with Crippen LogP contribution in [-0.2, 0) is 0 Å². The number of fused-ring (bicyclic) bond motifs is 1. The highest BCUT2D eigenvalue weighted by Crippen LogP contribution is 2.18. The molecule has 5 nitrogen and oxygen atoms in total. The van der Waals surface area contributed by atoms with Crippen LogP contribution in [0.5, 0.6) is 0 Å². The summed E-state index contributed by atoms with van der Waals surface area (Å²) in [5.41, 5.74) is 8.44. The third-order valence-electron chi connectivity index (χ3n) is 3.68. The molecule has 96 valence electrons. The fourth-order valence-corrected chi connectivity index (χ4v) is 2.56. The maximum absolute atomic E-state index is 5.75. The van der Waals surface area contributed by atoms with E-state index in [4.69, 9.17) is 5.73 Å². The molecular formula is C13H19N5. The van der Waals surface area contributed by atoms with Gasteiger partial charge in [-0.3, -0.25) is 0 Å². The molecule has 3 rings (SSSR count). The molecule has 1 fully saturated rings. The molecule has 1 unspecified atom stereocenters. The monoisotopic (exact) mass is 245 g/mol. The van der Waals surface area contributed by atoms with E-state index in [1.165, 1.54) is 19.4 Å². The van der Waals surface area contributed by atoms with Gasteiger partial charge >= 0.3 is 0 Å². The minimum absolute atomic E-state index is 0.614. The number of rotatable bonds is 3. The number of benzene rings is 1. The van der Waals surface area contributed by atoms with Crippen molar-refractivity contribution in [3.05, 3.63) is 18.2 Å². The second-order valence-electron chi connectivity index (χ2n) is 5.02. The Balaban J connectivity index is 1.71. The van der Waals surface area contributed by atoms with E-state index in [2.05, 4.69) is 27.2 Å². The van der Waals surface area contributed by atoms with Gasteiger partial charge in [0.25, 0.3) is 0 Å². The lowest BCUT2D eigenvalue weighted by Gasteiger charge is -2.19. The van der Waals surface area contributed by atoms with Crippen molar-refractivity contribution >= 4 is 22.7 Å². The molecule has 1 atom stereocenters. The van der Waals surface area contributed by atoms with Gasteiger partial charge in [0.05, 0.1) is 11.0 Å². The van der Waals surface area contributed by atoms with Crippen molar-refractivity contribution in [2.75, 3.05) is 31.2 Å². The van der Waals surface area contributed by atoms with Crippen molar-refractivity contribution in [1.82, 2.24) is 14.9 Å². The van der Waals surface area contributed by atoms with Crippen LogP contribution in [-0.4, -0.2) is 41.0 Å². The molecule has 0 amide bonds. The first-order valence-corrected chi connectivity index (χ1v) is 6.42. The maximum atomic E-state index is 5.75. The average molecular weight is 245 g/mol. The first kappa shape index (κ1) is 11.3. The number of nitrogens with one attached hydrogen (secondary N) is 2. The molecule has 0 saturated carbocycles. The van der Waals surface area contributed by atoms with E-state index in [1.54, 1.807) is 0 Å². The molecule has 1 aliphatic rings. The Bertz CT molecular complexity index is 547. The van der Waals surface area contributed by atoms with Gasteiger partial charge < -0.3 is 20.9 Å². The summed E-state index contributed by atoms with van der Waals surface area (Å²) in [6.07, 6.45) is 2.55. The van der Waals surface area contributed by atoms with Crippen LogP contribution in [0.25, 0.3) is 11.0 Å². The number of imidazole rings is 1. The number of hydrogen-bond acceptors (Lipinski definition) is 4. The zero-order chi connectivity index (χ0) is 12.5. The molecule has 1 aromatic carbocycles. The predicted octanol–water partition coefficient (Wildman–Crippen LogP) is 1.65. The van der Waals surface area contributed by atoms with Gasteiger partial charge in [-0.15, -0.1) is 0 Å². The molecule has 1 aromatic heterocycles. The average Bonchev–Trinajstić information content (AvgIpc) is 2.92. The van der Waals surface area contributed by atoms with E-state index in [0.717, 1.165) is 29.2 Å². The van der Waals surface area contributed by atoms with Crippen molar-refractivity contribution < 1.29 is 0 Å². The van der Waals surface area contributed by atoms with Gasteiger partial charge in [-0.1, -0.05) is 0 Å². The van der Waals surface area contributed by atoms with Crippen LogP contribution in [0.1, 0.15) is 12.8 Å². The van der Waals surface area contributed by atoms with Crippen molar-refractivity contribution in [2.45, 2.75) is 18.9 Å². The third-order valence-corrected chi connectivity index (χ3v) is 3.68. The summed E-state index contributed by atoms with van der Waals surface area (Å²) in [5.74, 6) is 0.830. The highest BCUT2D eigenvalue weighted by molar-refractivity contribution is 5.80. The van der Waals surface area contributed by atoms with E-state index in [0.29, 0.717) is 6.04 Å². The molecule has 0 spiro atoms. The van der Waals surface area contributed by atoms with Gasteiger partial charge in [-0.05, 0) is 44.6 Å². The second-order valence-corrected chi connectivity index (χ2v) is 5.02. The van der Waals surface area contributed by atoms with Gasteiger partial charge in [0.2, 0.25) is 5.95 Å². The van der Waals surface area contributed by atoms with E-state index in [9.17, 15) is 0 Å². The zero-order valence-corrected chi connectivity index (χ0v) is 10.6. The number of nitrogens with zero attached hydrogens (tertiary/aromatic N) is 2. The number of anilines is 2. The topological polar surface area (TPSA) is 70.0 Å². The van der Waals surface area contributed by atoms with Crippen molar-refractivity contribution in [2.24, 2.45) is 0 Å². The van der Waals surface area contributed by atoms with Crippen LogP contribution in [0.4, 0.5) is 11.6 Å². The Morgan fingerprint density at radius 1 is 1.56 bits per heavy atom. The molecule has 0 bridgehead atoms. The number of nitrogen functional groups attached to an aromatic ring is 1. The molecule has 1 saturated heterocycles. The zero-order valence-electron chi connectivity index (χ0n) is 10.6. The van der Waals surface area contributed by atoms with Gasteiger partial charge in [-0.25, -0.2) is 4.98 Å². The van der Waals surface area contributed by atoms with Gasteiger partial charge in [0, 0.05) is 18.3 Å². The van der Waals surface area contributed by atoms with Crippen LogP contribution in [0.3, 0.4) is 0 Å². The maximum Gasteiger partial charge on any atom is 0.201 e. The standard InChI is InChI=1S/C13H19N5/c1-18-6-2-3-10(18)8-15-13-16-11-5-4-9(14)7-12(11)17-13/h4-5,7,10H,2-3,6,8,14H2,1H3,(H2,15,16,17). The van der Waals surface area contributed by atoms with E-state index in [1.807, 2.05) is 18.2 Å². The number of likely N-dealkylation sites (tertiary alicyclic amines) is 1. The smallest absolute Gasteiger partial charge is 0.201 e. The third kappa shape index (κ3) is 2.13. The summed E-state index contributed by atoms with van der Waals surface area (Å²) in [7, 11) is 2.18. The van der Waals surface area contributed by atoms with Gasteiger partial charge in [-0.2, -0.15) is 0 Å². The number of H-pyrrole nitrogens is 1. The summed E-state index contributed by atoms with van der Waals surface area (Å²) in [4.78, 5) is 10.2. The minimum atomic E-state index is 0.614. The SMILES string of the molecule is CN1CCCC1CNc1nc2ccc(N)cc2[nH]1. The van der Waals surface area contributed by atoms with Crippen LogP contribution in [0, 0.1) is 0 Å². The summed E-state index contributed by atoms with van der Waals surface area (Å²) in [6.45, 7) is 2.13. The van der Waals surface area contributed by atoms with Crippen LogP contribution >= 0.6 is 0 Å². The van der Waals surface area contributed by atoms with Gasteiger partial charge in [0.1, 0.15) is 0 Å². The number of aromatic amines is 1. The van der Waals surface area contributed by atoms with E-state index in [-0.39, 0.29) is 0 Å². The summed E-state index contributed by atoms with van der Waals surface area (Å²) < 4.78 is 0. The van der Waals surface area contributed by atoms with Gasteiger partial charge in [0.15, 0.2) is 0 Å². The Kier molecular flexibility index (Phi) is 2.83. The first-order chi connectivity index (χ1) is 8.72. The molecule has 5 heteroatoms. The highest BCUT2D eigenvalue weighted by Gasteiger charge is 2.20. The number of likely N-dealkylation sites (N-methyl/N-ethyl adjacent to an activating group) is 1. The van der Waals surface area contributed by atoms with Crippen molar-refractivity contribution in [3.8, 4) is 0 Å². The van der Waals surface area contributed by atoms with Crippen molar-refractivity contribution in [1.29, 1.82) is 0 Å². The Morgan fingerprint density at radius 2 is 2.44 bits per heavy atom. The molecule has 1 aliphatic heterocycles. The van der Waals surface area contributed by atoms with Crippen LogP contribution in [0.2, 0.25) is 0 Å². The van der Waals surface area contributed by atoms with E-state index < -0.39 is 0 Å². The summed E-state index contributed by atoms with van der Waals surface area (Å²) in [6, 6.07) is 6.34. The molecule has 18 heavy (non-hydrogen) atoms. The predicted molar refractivity (Wildman–Crippen MR) is 74.6 cm³/mol. The Morgan fingerprint density at radius 3 is 3.22 bits per heavy atom. The highest BCUT2D eigenvalue weighted by atomic mass is 15.2. The fraction of sp³-hybridized carbons (Fsp3) is 0.462. The largest absolute Gasteiger partial charge is 0.399 e. The quantitative estimate of drug-likeness (QED) is 0.719. The normalized spacial score (nSPS) is 20.6. The Hall–Kier alpha value is -1.75. The summed E-state index contributed by atoms with van der Waals surface area (Å²) >= 11 is 0. The number of hydrogen-bond donors (Lipinski definition) is 3. The minimum Gasteiger partial charge on any atom is -0.399 e. The van der Waals surface area contributed by atoms with Crippen LogP contribution in [0.15, 0.2) is 18.2 Å². The molecule has 2 heterocycles. The molecule has 4 N–H and O–H groups in total. The first-order valence-electron chi connectivity index (χ1n) is 6.42. The summed E-state index contributed by atoms with van der Waals surface area (Å²) in [5, 5.41) is 3.38. The molecular weight excluding hydrogens is 226 g/mol. The molecule has 2 aromatic rings. The number of nitrogens with two attached hydrogens (primary N) is 1. The number of aromatic nitrogens is 2.